The predicted octanol–water partition coefficient (Wildman–Crippen LogP) is 4.65. The molecule has 0 aliphatic carbocycles. The average molecular weight is 488 g/mol. The highest BCUT2D eigenvalue weighted by atomic mass is 35.5. The number of carbonyl (C=O) groups excluding carboxylic acids is 2. The molecule has 0 aliphatic rings. The molecule has 0 radical (unpaired) electrons. The quantitative estimate of drug-likeness (QED) is 0.162. The number of carbonyl (C=O) groups is 2. The minimum absolute atomic E-state index is 0.123. The molecule has 0 saturated heterocycles. The number of hydrazone groups is 1. The minimum atomic E-state index is -0.654. The Bertz CT molecular complexity index is 1200. The monoisotopic (exact) mass is 487 g/mol. The van der Waals surface area contributed by atoms with E-state index in [9.17, 15) is 19.7 Å². The number of halogens is 2. The van der Waals surface area contributed by atoms with Gasteiger partial charge in [0.1, 0.15) is 11.5 Å². The molecule has 1 amide bonds. The van der Waals surface area contributed by atoms with E-state index in [1.807, 2.05) is 0 Å². The summed E-state index contributed by atoms with van der Waals surface area (Å²) in [4.78, 5) is 34.1. The highest BCUT2D eigenvalue weighted by molar-refractivity contribution is 6.34. The zero-order chi connectivity index (χ0) is 23.8. The second-order valence-electron chi connectivity index (χ2n) is 6.42. The summed E-state index contributed by atoms with van der Waals surface area (Å²) < 4.78 is 10.5. The number of nitrogens with zero attached hydrogens (tertiary/aromatic N) is 2. The van der Waals surface area contributed by atoms with Crippen LogP contribution in [0.2, 0.25) is 10.0 Å². The number of ether oxygens (including phenoxy) is 2. The number of hydrogen-bond donors (Lipinski definition) is 1. The molecule has 11 heteroatoms. The van der Waals surface area contributed by atoms with Crippen LogP contribution in [-0.2, 0) is 4.79 Å². The molecule has 3 aromatic carbocycles. The van der Waals surface area contributed by atoms with Crippen LogP contribution in [0.1, 0.15) is 15.9 Å². The van der Waals surface area contributed by atoms with Gasteiger partial charge in [0.2, 0.25) is 0 Å². The number of benzene rings is 3. The Morgan fingerprint density at radius 1 is 1.03 bits per heavy atom. The van der Waals surface area contributed by atoms with Crippen LogP contribution in [0.4, 0.5) is 5.69 Å². The summed E-state index contributed by atoms with van der Waals surface area (Å²) >= 11 is 11.8. The van der Waals surface area contributed by atoms with Crippen molar-refractivity contribution in [2.45, 2.75) is 0 Å². The third-order valence-electron chi connectivity index (χ3n) is 4.06. The second-order valence-corrected chi connectivity index (χ2v) is 7.26. The van der Waals surface area contributed by atoms with Gasteiger partial charge in [-0.15, -0.1) is 0 Å². The molecule has 3 aromatic rings. The van der Waals surface area contributed by atoms with Crippen molar-refractivity contribution in [2.24, 2.45) is 5.10 Å². The van der Waals surface area contributed by atoms with Gasteiger partial charge in [0, 0.05) is 23.2 Å². The number of hydrogen-bond acceptors (Lipinski definition) is 7. The molecule has 0 fully saturated rings. The van der Waals surface area contributed by atoms with Gasteiger partial charge < -0.3 is 9.47 Å². The van der Waals surface area contributed by atoms with E-state index >= 15 is 0 Å². The third kappa shape index (κ3) is 7.03. The van der Waals surface area contributed by atoms with Gasteiger partial charge in [-0.2, -0.15) is 5.10 Å². The van der Waals surface area contributed by atoms with E-state index in [1.54, 1.807) is 24.3 Å². The van der Waals surface area contributed by atoms with E-state index in [0.717, 1.165) is 0 Å². The highest BCUT2D eigenvalue weighted by Gasteiger charge is 2.11. The lowest BCUT2D eigenvalue weighted by Gasteiger charge is -2.07. The molecule has 0 atom stereocenters. The predicted molar refractivity (Wildman–Crippen MR) is 122 cm³/mol. The summed E-state index contributed by atoms with van der Waals surface area (Å²) in [6.07, 6.45) is 1.40. The number of nitro benzene ring substituents is 1. The average Bonchev–Trinajstić information content (AvgIpc) is 2.81. The molecular formula is C22H15Cl2N3O6. The lowest BCUT2D eigenvalue weighted by atomic mass is 10.2. The molecule has 0 aliphatic heterocycles. The standard InChI is InChI=1S/C22H15Cl2N3O6/c23-16-5-10-19(24)20(11-16)32-13-21(28)26-25-12-14-1-8-18(9-2-14)33-22(29)15-3-6-17(7-4-15)27(30)31/h1-12H,13H2,(H,26,28). The summed E-state index contributed by atoms with van der Waals surface area (Å²) in [5, 5.41) is 15.3. The molecule has 0 heterocycles. The lowest BCUT2D eigenvalue weighted by Crippen LogP contribution is -2.24. The topological polar surface area (TPSA) is 120 Å². The Morgan fingerprint density at radius 2 is 1.73 bits per heavy atom. The van der Waals surface area contributed by atoms with Crippen LogP contribution < -0.4 is 14.9 Å². The SMILES string of the molecule is O=C(COc1cc(Cl)ccc1Cl)NN=Cc1ccc(OC(=O)c2ccc([N+](=O)[O-])cc2)cc1. The molecule has 1 N–H and O–H groups in total. The molecule has 3 rings (SSSR count). The Balaban J connectivity index is 1.48. The highest BCUT2D eigenvalue weighted by Crippen LogP contribution is 2.27. The minimum Gasteiger partial charge on any atom is -0.482 e. The van der Waals surface area contributed by atoms with E-state index < -0.39 is 16.8 Å². The van der Waals surface area contributed by atoms with Gasteiger partial charge >= 0.3 is 5.97 Å². The molecule has 9 nitrogen and oxygen atoms in total. The first-order valence-corrected chi connectivity index (χ1v) is 10.0. The Hall–Kier alpha value is -3.95. The van der Waals surface area contributed by atoms with E-state index in [-0.39, 0.29) is 29.4 Å². The first kappa shape index (κ1) is 23.7. The van der Waals surface area contributed by atoms with Crippen LogP contribution >= 0.6 is 23.2 Å². The summed E-state index contributed by atoms with van der Waals surface area (Å²) in [5.74, 6) is -0.608. The maximum atomic E-state index is 12.1. The zero-order valence-corrected chi connectivity index (χ0v) is 18.2. The smallest absolute Gasteiger partial charge is 0.343 e. The fourth-order valence-electron chi connectivity index (χ4n) is 2.45. The second kappa shape index (κ2) is 11.1. The Kier molecular flexibility index (Phi) is 7.96. The van der Waals surface area contributed by atoms with Gasteiger partial charge in [-0.1, -0.05) is 23.2 Å². The molecule has 0 spiro atoms. The van der Waals surface area contributed by atoms with Crippen LogP contribution in [0.25, 0.3) is 0 Å². The first-order valence-electron chi connectivity index (χ1n) is 9.28. The van der Waals surface area contributed by atoms with Crippen molar-refractivity contribution in [3.8, 4) is 11.5 Å². The number of nitro groups is 1. The molecule has 0 aromatic heterocycles. The molecule has 33 heavy (non-hydrogen) atoms. The van der Waals surface area contributed by atoms with Gasteiger partial charge in [-0.3, -0.25) is 14.9 Å². The fourth-order valence-corrected chi connectivity index (χ4v) is 2.78. The first-order chi connectivity index (χ1) is 15.8. The summed E-state index contributed by atoms with van der Waals surface area (Å²) in [6.45, 7) is -0.311. The van der Waals surface area contributed by atoms with Crippen molar-refractivity contribution in [2.75, 3.05) is 6.61 Å². The maximum absolute atomic E-state index is 12.1. The van der Waals surface area contributed by atoms with Gasteiger partial charge in [-0.05, 0) is 54.1 Å². The van der Waals surface area contributed by atoms with E-state index in [2.05, 4.69) is 10.5 Å². The maximum Gasteiger partial charge on any atom is 0.343 e. The summed E-state index contributed by atoms with van der Waals surface area (Å²) in [7, 11) is 0. The van der Waals surface area contributed by atoms with Crippen molar-refractivity contribution < 1.29 is 24.0 Å². The van der Waals surface area contributed by atoms with Gasteiger partial charge in [0.25, 0.3) is 11.6 Å². The van der Waals surface area contributed by atoms with Crippen molar-refractivity contribution in [1.29, 1.82) is 0 Å². The van der Waals surface area contributed by atoms with Gasteiger partial charge in [-0.25, -0.2) is 10.2 Å². The molecular weight excluding hydrogens is 473 g/mol. The normalized spacial score (nSPS) is 10.6. The number of esters is 1. The van der Waals surface area contributed by atoms with Crippen molar-refractivity contribution in [3.63, 3.8) is 0 Å². The van der Waals surface area contributed by atoms with E-state index in [1.165, 1.54) is 48.7 Å². The number of amides is 1. The van der Waals surface area contributed by atoms with Crippen molar-refractivity contribution >= 4 is 47.0 Å². The molecule has 0 saturated carbocycles. The van der Waals surface area contributed by atoms with Crippen LogP contribution in [-0.4, -0.2) is 29.6 Å². The Morgan fingerprint density at radius 3 is 2.39 bits per heavy atom. The van der Waals surface area contributed by atoms with Crippen LogP contribution in [0, 0.1) is 10.1 Å². The molecule has 0 unspecified atom stereocenters. The number of non-ortho nitro benzene ring substituents is 1. The third-order valence-corrected chi connectivity index (χ3v) is 4.61. The molecule has 0 bridgehead atoms. The van der Waals surface area contributed by atoms with Gasteiger partial charge in [0.05, 0.1) is 21.7 Å². The molecule has 168 valence electrons. The largest absolute Gasteiger partial charge is 0.482 e. The van der Waals surface area contributed by atoms with Crippen LogP contribution in [0.5, 0.6) is 11.5 Å². The van der Waals surface area contributed by atoms with E-state index in [0.29, 0.717) is 15.6 Å². The summed E-state index contributed by atoms with van der Waals surface area (Å²) in [5.41, 5.74) is 2.99. The van der Waals surface area contributed by atoms with Gasteiger partial charge in [0.15, 0.2) is 6.61 Å². The van der Waals surface area contributed by atoms with Crippen LogP contribution in [0.3, 0.4) is 0 Å². The zero-order valence-electron chi connectivity index (χ0n) is 16.7. The fraction of sp³-hybridized carbons (Fsp3) is 0.0455. The number of rotatable bonds is 8. The van der Waals surface area contributed by atoms with Crippen LogP contribution in [0.15, 0.2) is 71.8 Å². The number of nitrogens with one attached hydrogen (secondary N) is 1. The van der Waals surface area contributed by atoms with Crippen molar-refractivity contribution in [3.05, 3.63) is 98.0 Å². The van der Waals surface area contributed by atoms with E-state index in [4.69, 9.17) is 32.7 Å². The summed E-state index contributed by atoms with van der Waals surface area (Å²) in [6, 6.07) is 16.0. The Labute approximate surface area is 197 Å². The van der Waals surface area contributed by atoms with Crippen molar-refractivity contribution in [1.82, 2.24) is 5.43 Å². The lowest BCUT2D eigenvalue weighted by molar-refractivity contribution is -0.384.